The molecule has 0 spiro atoms. The fourth-order valence-electron chi connectivity index (χ4n) is 3.00. The van der Waals surface area contributed by atoms with Crippen molar-refractivity contribution in [3.05, 3.63) is 30.1 Å². The van der Waals surface area contributed by atoms with Crippen molar-refractivity contribution < 1.29 is 5.11 Å². The van der Waals surface area contributed by atoms with Crippen LogP contribution in [0, 0.1) is 5.92 Å². The van der Waals surface area contributed by atoms with E-state index in [-0.39, 0.29) is 6.10 Å². The molecule has 0 aliphatic heterocycles. The van der Waals surface area contributed by atoms with Crippen LogP contribution in [0.25, 0.3) is 11.0 Å². The van der Waals surface area contributed by atoms with Gasteiger partial charge < -0.3 is 9.67 Å². The van der Waals surface area contributed by atoms with Crippen molar-refractivity contribution in [1.29, 1.82) is 0 Å². The SMILES string of the molecule is CCCC(CCC)C(O)Cc1nc2ccccc2n1C. The molecule has 1 N–H and O–H groups in total. The fraction of sp³-hybridized carbons (Fsp3) is 0.588. The van der Waals surface area contributed by atoms with Crippen molar-refractivity contribution in [1.82, 2.24) is 9.55 Å². The van der Waals surface area contributed by atoms with Crippen LogP contribution in [-0.4, -0.2) is 20.8 Å². The second-order valence-electron chi connectivity index (χ2n) is 5.68. The largest absolute Gasteiger partial charge is 0.392 e. The summed E-state index contributed by atoms with van der Waals surface area (Å²) in [7, 11) is 2.03. The third-order valence-electron chi connectivity index (χ3n) is 4.13. The van der Waals surface area contributed by atoms with Crippen molar-refractivity contribution in [2.45, 2.75) is 52.1 Å². The first-order valence-corrected chi connectivity index (χ1v) is 7.75. The molecular formula is C17H26N2O. The maximum atomic E-state index is 10.5. The number of rotatable bonds is 7. The highest BCUT2D eigenvalue weighted by atomic mass is 16.3. The van der Waals surface area contributed by atoms with E-state index in [0.717, 1.165) is 42.5 Å². The molecule has 110 valence electrons. The lowest BCUT2D eigenvalue weighted by Gasteiger charge is -2.21. The van der Waals surface area contributed by atoms with Gasteiger partial charge in [-0.1, -0.05) is 38.8 Å². The topological polar surface area (TPSA) is 38.1 Å². The first-order valence-electron chi connectivity index (χ1n) is 7.75. The van der Waals surface area contributed by atoms with E-state index in [2.05, 4.69) is 29.5 Å². The minimum Gasteiger partial charge on any atom is -0.392 e. The molecular weight excluding hydrogens is 248 g/mol. The molecule has 3 heteroatoms. The first-order chi connectivity index (χ1) is 9.67. The Morgan fingerprint density at radius 1 is 1.15 bits per heavy atom. The fourth-order valence-corrected chi connectivity index (χ4v) is 3.00. The third kappa shape index (κ3) is 3.21. The van der Waals surface area contributed by atoms with E-state index < -0.39 is 0 Å². The Labute approximate surface area is 121 Å². The van der Waals surface area contributed by atoms with Gasteiger partial charge in [0.2, 0.25) is 0 Å². The maximum Gasteiger partial charge on any atom is 0.112 e. The first kappa shape index (κ1) is 15.0. The predicted octanol–water partition coefficient (Wildman–Crippen LogP) is 3.69. The molecule has 1 aromatic carbocycles. The monoisotopic (exact) mass is 274 g/mol. The number of hydrogen-bond donors (Lipinski definition) is 1. The molecule has 0 bridgehead atoms. The Morgan fingerprint density at radius 2 is 1.80 bits per heavy atom. The highest BCUT2D eigenvalue weighted by molar-refractivity contribution is 5.75. The molecule has 0 fully saturated rings. The van der Waals surface area contributed by atoms with Crippen molar-refractivity contribution in [2.24, 2.45) is 13.0 Å². The molecule has 1 unspecified atom stereocenters. The van der Waals surface area contributed by atoms with E-state index >= 15 is 0 Å². The van der Waals surface area contributed by atoms with Crippen LogP contribution in [0.3, 0.4) is 0 Å². The van der Waals surface area contributed by atoms with E-state index in [1.54, 1.807) is 0 Å². The minimum atomic E-state index is -0.287. The Morgan fingerprint density at radius 3 is 2.40 bits per heavy atom. The van der Waals surface area contributed by atoms with Gasteiger partial charge in [-0.15, -0.1) is 0 Å². The normalized spacial score (nSPS) is 13.2. The third-order valence-corrected chi connectivity index (χ3v) is 4.13. The number of fused-ring (bicyclic) bond motifs is 1. The zero-order valence-electron chi connectivity index (χ0n) is 12.8. The lowest BCUT2D eigenvalue weighted by Crippen LogP contribution is -2.24. The molecule has 0 aliphatic carbocycles. The molecule has 3 nitrogen and oxygen atoms in total. The van der Waals surface area contributed by atoms with Crippen LogP contribution in [0.15, 0.2) is 24.3 Å². The summed E-state index contributed by atoms with van der Waals surface area (Å²) in [6.07, 6.45) is 4.81. The van der Waals surface area contributed by atoms with Crippen LogP contribution in [0.4, 0.5) is 0 Å². The van der Waals surface area contributed by atoms with Crippen LogP contribution in [-0.2, 0) is 13.5 Å². The highest BCUT2D eigenvalue weighted by Gasteiger charge is 2.20. The van der Waals surface area contributed by atoms with Crippen molar-refractivity contribution in [2.75, 3.05) is 0 Å². The molecule has 0 radical (unpaired) electrons. The predicted molar refractivity (Wildman–Crippen MR) is 83.7 cm³/mol. The van der Waals surface area contributed by atoms with E-state index in [4.69, 9.17) is 0 Å². The maximum absolute atomic E-state index is 10.5. The van der Waals surface area contributed by atoms with Gasteiger partial charge in [-0.3, -0.25) is 0 Å². The molecule has 0 saturated carbocycles. The summed E-state index contributed by atoms with van der Waals surface area (Å²) in [5.41, 5.74) is 2.15. The molecule has 1 aromatic heterocycles. The second-order valence-corrected chi connectivity index (χ2v) is 5.68. The number of aryl methyl sites for hydroxylation is 1. The Balaban J connectivity index is 2.16. The summed E-state index contributed by atoms with van der Waals surface area (Å²) in [6, 6.07) is 8.14. The van der Waals surface area contributed by atoms with E-state index in [0.29, 0.717) is 12.3 Å². The second kappa shape index (κ2) is 6.89. The average molecular weight is 274 g/mol. The van der Waals surface area contributed by atoms with E-state index in [1.807, 2.05) is 25.2 Å². The summed E-state index contributed by atoms with van der Waals surface area (Å²) in [4.78, 5) is 4.66. The zero-order valence-corrected chi connectivity index (χ0v) is 12.8. The Hall–Kier alpha value is -1.35. The lowest BCUT2D eigenvalue weighted by molar-refractivity contribution is 0.0939. The summed E-state index contributed by atoms with van der Waals surface area (Å²) in [5.74, 6) is 1.38. The number of nitrogens with zero attached hydrogens (tertiary/aromatic N) is 2. The molecule has 0 amide bonds. The van der Waals surface area contributed by atoms with Crippen LogP contribution < -0.4 is 0 Å². The smallest absolute Gasteiger partial charge is 0.112 e. The van der Waals surface area contributed by atoms with Gasteiger partial charge in [0, 0.05) is 13.5 Å². The summed E-state index contributed by atoms with van der Waals surface area (Å²) < 4.78 is 2.10. The summed E-state index contributed by atoms with van der Waals surface area (Å²) >= 11 is 0. The molecule has 0 aliphatic rings. The molecule has 1 atom stereocenters. The number of hydrogen-bond acceptors (Lipinski definition) is 2. The number of imidazole rings is 1. The van der Waals surface area contributed by atoms with Gasteiger partial charge in [-0.2, -0.15) is 0 Å². The Bertz CT molecular complexity index is 541. The molecule has 2 rings (SSSR count). The molecule has 0 saturated heterocycles. The number of aromatic nitrogens is 2. The van der Waals surface area contributed by atoms with Gasteiger partial charge in [-0.05, 0) is 30.9 Å². The zero-order chi connectivity index (χ0) is 14.5. The molecule has 2 aromatic rings. The minimum absolute atomic E-state index is 0.287. The number of para-hydroxylation sites is 2. The van der Waals surface area contributed by atoms with Gasteiger partial charge in [0.25, 0.3) is 0 Å². The number of benzene rings is 1. The average Bonchev–Trinajstić information content (AvgIpc) is 2.76. The van der Waals surface area contributed by atoms with Gasteiger partial charge in [0.15, 0.2) is 0 Å². The summed E-state index contributed by atoms with van der Waals surface area (Å²) in [6.45, 7) is 4.37. The lowest BCUT2D eigenvalue weighted by atomic mass is 9.90. The highest BCUT2D eigenvalue weighted by Crippen LogP contribution is 2.22. The van der Waals surface area contributed by atoms with Crippen LogP contribution in [0.5, 0.6) is 0 Å². The molecule has 20 heavy (non-hydrogen) atoms. The van der Waals surface area contributed by atoms with Crippen LogP contribution >= 0.6 is 0 Å². The standard InChI is InChI=1S/C17H26N2O/c1-4-8-13(9-5-2)16(20)12-17-18-14-10-6-7-11-15(14)19(17)3/h6-7,10-11,13,16,20H,4-5,8-9,12H2,1-3H3. The van der Waals surface area contributed by atoms with Gasteiger partial charge in [0.05, 0.1) is 17.1 Å². The quantitative estimate of drug-likeness (QED) is 0.836. The van der Waals surface area contributed by atoms with E-state index in [1.165, 1.54) is 0 Å². The molecule has 1 heterocycles. The van der Waals surface area contributed by atoms with Crippen molar-refractivity contribution >= 4 is 11.0 Å². The van der Waals surface area contributed by atoms with Crippen LogP contribution in [0.2, 0.25) is 0 Å². The summed E-state index contributed by atoms with van der Waals surface area (Å²) in [5, 5.41) is 10.5. The van der Waals surface area contributed by atoms with Gasteiger partial charge in [0.1, 0.15) is 5.82 Å². The van der Waals surface area contributed by atoms with E-state index in [9.17, 15) is 5.11 Å². The Kier molecular flexibility index (Phi) is 5.18. The van der Waals surface area contributed by atoms with Crippen molar-refractivity contribution in [3.63, 3.8) is 0 Å². The number of aliphatic hydroxyl groups excluding tert-OH is 1. The van der Waals surface area contributed by atoms with Crippen molar-refractivity contribution in [3.8, 4) is 0 Å². The van der Waals surface area contributed by atoms with Crippen LogP contribution in [0.1, 0.15) is 45.4 Å². The number of aliphatic hydroxyl groups is 1. The van der Waals surface area contributed by atoms with Gasteiger partial charge in [-0.25, -0.2) is 4.98 Å². The van der Waals surface area contributed by atoms with Gasteiger partial charge >= 0.3 is 0 Å².